The van der Waals surface area contributed by atoms with E-state index in [9.17, 15) is 4.79 Å². The Bertz CT molecular complexity index is 728. The first-order chi connectivity index (χ1) is 12.6. The first kappa shape index (κ1) is 18.7. The van der Waals surface area contributed by atoms with Crippen molar-refractivity contribution in [3.05, 3.63) is 58.7 Å². The molecule has 0 saturated carbocycles. The maximum Gasteiger partial charge on any atom is 0.253 e. The molecule has 5 nitrogen and oxygen atoms in total. The van der Waals surface area contributed by atoms with Gasteiger partial charge in [0.05, 0.1) is 6.61 Å². The van der Waals surface area contributed by atoms with Gasteiger partial charge in [-0.25, -0.2) is 4.98 Å². The summed E-state index contributed by atoms with van der Waals surface area (Å²) in [5.41, 5.74) is 1.66. The standard InChI is InChI=1S/C20H24ClN3O2/c1-16-4-2-5-19(22-16)26-15-3-10-23-11-13-24(14-12-23)20(25)17-6-8-18(21)9-7-17/h2,4-9H,3,10-15H2,1H3. The maximum absolute atomic E-state index is 12.5. The zero-order valence-corrected chi connectivity index (χ0v) is 15.8. The number of carbonyl (C=O) groups excluding carboxylic acids is 1. The fourth-order valence-corrected chi connectivity index (χ4v) is 3.14. The molecule has 1 saturated heterocycles. The van der Waals surface area contributed by atoms with Crippen molar-refractivity contribution in [1.82, 2.24) is 14.8 Å². The summed E-state index contributed by atoms with van der Waals surface area (Å²) in [5.74, 6) is 0.763. The Morgan fingerprint density at radius 3 is 2.54 bits per heavy atom. The van der Waals surface area contributed by atoms with Crippen molar-refractivity contribution in [1.29, 1.82) is 0 Å². The number of hydrogen-bond acceptors (Lipinski definition) is 4. The van der Waals surface area contributed by atoms with Crippen LogP contribution in [-0.4, -0.2) is 60.0 Å². The third-order valence-electron chi connectivity index (χ3n) is 4.48. The van der Waals surface area contributed by atoms with Gasteiger partial charge in [-0.05, 0) is 43.7 Å². The number of rotatable bonds is 6. The third-order valence-corrected chi connectivity index (χ3v) is 4.73. The molecule has 0 aliphatic carbocycles. The van der Waals surface area contributed by atoms with Gasteiger partial charge in [-0.15, -0.1) is 0 Å². The number of halogens is 1. The predicted octanol–water partition coefficient (Wildman–Crippen LogP) is 3.27. The van der Waals surface area contributed by atoms with Crippen molar-refractivity contribution in [3.63, 3.8) is 0 Å². The summed E-state index contributed by atoms with van der Waals surface area (Å²) in [6.45, 7) is 6.86. The van der Waals surface area contributed by atoms with Crippen LogP contribution in [0.2, 0.25) is 5.02 Å². The molecular formula is C20H24ClN3O2. The van der Waals surface area contributed by atoms with Gasteiger partial charge in [-0.1, -0.05) is 17.7 Å². The van der Waals surface area contributed by atoms with Crippen molar-refractivity contribution < 1.29 is 9.53 Å². The molecule has 0 bridgehead atoms. The van der Waals surface area contributed by atoms with Gasteiger partial charge in [0.25, 0.3) is 5.91 Å². The SMILES string of the molecule is Cc1cccc(OCCCN2CCN(C(=O)c3ccc(Cl)cc3)CC2)n1. The zero-order chi connectivity index (χ0) is 18.4. The molecule has 1 aliphatic heterocycles. The molecular weight excluding hydrogens is 350 g/mol. The summed E-state index contributed by atoms with van der Waals surface area (Å²) in [5, 5.41) is 0.648. The molecule has 0 atom stereocenters. The smallest absolute Gasteiger partial charge is 0.253 e. The Morgan fingerprint density at radius 2 is 1.85 bits per heavy atom. The molecule has 1 amide bonds. The molecule has 1 fully saturated rings. The van der Waals surface area contributed by atoms with E-state index in [-0.39, 0.29) is 5.91 Å². The molecule has 2 aromatic rings. The van der Waals surface area contributed by atoms with Crippen LogP contribution in [0.4, 0.5) is 0 Å². The van der Waals surface area contributed by atoms with Gasteiger partial charge in [-0.2, -0.15) is 0 Å². The Balaban J connectivity index is 1.37. The number of pyridine rings is 1. The van der Waals surface area contributed by atoms with E-state index in [1.807, 2.05) is 30.0 Å². The Kier molecular flexibility index (Phi) is 6.47. The molecule has 138 valence electrons. The number of aromatic nitrogens is 1. The second-order valence-corrected chi connectivity index (χ2v) is 6.90. The number of piperazine rings is 1. The minimum Gasteiger partial charge on any atom is -0.478 e. The molecule has 0 N–H and O–H groups in total. The summed E-state index contributed by atoms with van der Waals surface area (Å²) in [4.78, 5) is 21.1. The van der Waals surface area contributed by atoms with Gasteiger partial charge in [-0.3, -0.25) is 9.69 Å². The molecule has 2 heterocycles. The molecule has 0 unspecified atom stereocenters. The summed E-state index contributed by atoms with van der Waals surface area (Å²) in [7, 11) is 0. The minimum atomic E-state index is 0.0789. The molecule has 3 rings (SSSR count). The van der Waals surface area contributed by atoms with Crippen molar-refractivity contribution in [2.24, 2.45) is 0 Å². The second-order valence-electron chi connectivity index (χ2n) is 6.46. The highest BCUT2D eigenvalue weighted by molar-refractivity contribution is 6.30. The first-order valence-corrected chi connectivity index (χ1v) is 9.33. The van der Waals surface area contributed by atoms with E-state index in [1.54, 1.807) is 24.3 Å². The summed E-state index contributed by atoms with van der Waals surface area (Å²) in [6, 6.07) is 12.9. The van der Waals surface area contributed by atoms with Crippen LogP contribution in [0.25, 0.3) is 0 Å². The van der Waals surface area contributed by atoms with E-state index in [0.717, 1.165) is 44.8 Å². The first-order valence-electron chi connectivity index (χ1n) is 8.95. The Morgan fingerprint density at radius 1 is 1.12 bits per heavy atom. The summed E-state index contributed by atoms with van der Waals surface area (Å²) in [6.07, 6.45) is 0.945. The number of ether oxygens (including phenoxy) is 1. The van der Waals surface area contributed by atoms with E-state index in [1.165, 1.54) is 0 Å². The van der Waals surface area contributed by atoms with Crippen LogP contribution in [0.3, 0.4) is 0 Å². The van der Waals surface area contributed by atoms with E-state index in [4.69, 9.17) is 16.3 Å². The van der Waals surface area contributed by atoms with E-state index in [2.05, 4.69) is 9.88 Å². The number of hydrogen-bond donors (Lipinski definition) is 0. The molecule has 1 aromatic heterocycles. The zero-order valence-electron chi connectivity index (χ0n) is 15.0. The van der Waals surface area contributed by atoms with Crippen molar-refractivity contribution >= 4 is 17.5 Å². The fourth-order valence-electron chi connectivity index (χ4n) is 3.01. The van der Waals surface area contributed by atoms with Gasteiger partial charge in [0.2, 0.25) is 5.88 Å². The molecule has 0 spiro atoms. The molecule has 1 aromatic carbocycles. The van der Waals surface area contributed by atoms with Crippen LogP contribution >= 0.6 is 11.6 Å². The van der Waals surface area contributed by atoms with E-state index in [0.29, 0.717) is 23.1 Å². The molecule has 6 heteroatoms. The van der Waals surface area contributed by atoms with Crippen LogP contribution in [-0.2, 0) is 0 Å². The van der Waals surface area contributed by atoms with Crippen molar-refractivity contribution in [3.8, 4) is 5.88 Å². The topological polar surface area (TPSA) is 45.7 Å². The lowest BCUT2D eigenvalue weighted by Gasteiger charge is -2.34. The monoisotopic (exact) mass is 373 g/mol. The highest BCUT2D eigenvalue weighted by Gasteiger charge is 2.21. The second kappa shape index (κ2) is 9.01. The maximum atomic E-state index is 12.5. The van der Waals surface area contributed by atoms with Crippen LogP contribution in [0.5, 0.6) is 5.88 Å². The largest absolute Gasteiger partial charge is 0.478 e. The van der Waals surface area contributed by atoms with E-state index >= 15 is 0 Å². The summed E-state index contributed by atoms with van der Waals surface area (Å²) >= 11 is 5.88. The lowest BCUT2D eigenvalue weighted by molar-refractivity contribution is 0.0630. The van der Waals surface area contributed by atoms with Gasteiger partial charge in [0.15, 0.2) is 0 Å². The average Bonchev–Trinajstić information content (AvgIpc) is 2.66. The quantitative estimate of drug-likeness (QED) is 0.729. The lowest BCUT2D eigenvalue weighted by Crippen LogP contribution is -2.49. The Hall–Kier alpha value is -2.11. The highest BCUT2D eigenvalue weighted by atomic mass is 35.5. The summed E-state index contributed by atoms with van der Waals surface area (Å²) < 4.78 is 5.69. The van der Waals surface area contributed by atoms with Gasteiger partial charge < -0.3 is 9.64 Å². The number of benzene rings is 1. The fraction of sp³-hybridized carbons (Fsp3) is 0.400. The van der Waals surface area contributed by atoms with Crippen LogP contribution in [0.1, 0.15) is 22.5 Å². The van der Waals surface area contributed by atoms with Crippen molar-refractivity contribution in [2.45, 2.75) is 13.3 Å². The van der Waals surface area contributed by atoms with Crippen LogP contribution in [0.15, 0.2) is 42.5 Å². The van der Waals surface area contributed by atoms with E-state index < -0.39 is 0 Å². The number of carbonyl (C=O) groups is 1. The number of amides is 1. The highest BCUT2D eigenvalue weighted by Crippen LogP contribution is 2.13. The normalized spacial score (nSPS) is 15.1. The van der Waals surface area contributed by atoms with Crippen LogP contribution < -0.4 is 4.74 Å². The predicted molar refractivity (Wildman–Crippen MR) is 103 cm³/mol. The van der Waals surface area contributed by atoms with Crippen LogP contribution in [0, 0.1) is 6.92 Å². The molecule has 1 aliphatic rings. The minimum absolute atomic E-state index is 0.0789. The Labute approximate surface area is 159 Å². The molecule has 26 heavy (non-hydrogen) atoms. The average molecular weight is 374 g/mol. The third kappa shape index (κ3) is 5.19. The lowest BCUT2D eigenvalue weighted by atomic mass is 10.2. The van der Waals surface area contributed by atoms with Gasteiger partial charge in [0, 0.05) is 55.1 Å². The number of aryl methyl sites for hydroxylation is 1. The number of nitrogens with zero attached hydrogens (tertiary/aromatic N) is 3. The van der Waals surface area contributed by atoms with Gasteiger partial charge >= 0.3 is 0 Å². The molecule has 0 radical (unpaired) electrons. The van der Waals surface area contributed by atoms with Gasteiger partial charge in [0.1, 0.15) is 0 Å². The van der Waals surface area contributed by atoms with Crippen molar-refractivity contribution in [2.75, 3.05) is 39.3 Å².